The molecule has 0 amide bonds. The minimum absolute atomic E-state index is 0.103. The summed E-state index contributed by atoms with van der Waals surface area (Å²) in [6.07, 6.45) is 3.31. The summed E-state index contributed by atoms with van der Waals surface area (Å²) in [6, 6.07) is 13.4. The molecule has 3 aliphatic rings. The van der Waals surface area contributed by atoms with E-state index in [1.165, 1.54) is 0 Å². The largest absolute Gasteiger partial charge is 0.496 e. The van der Waals surface area contributed by atoms with Crippen molar-refractivity contribution in [1.29, 1.82) is 0 Å². The third-order valence-electron chi connectivity index (χ3n) is 6.70. The van der Waals surface area contributed by atoms with Crippen molar-refractivity contribution >= 4 is 11.4 Å². The van der Waals surface area contributed by atoms with Crippen LogP contribution in [-0.2, 0) is 0 Å². The van der Waals surface area contributed by atoms with Crippen LogP contribution in [0.3, 0.4) is 0 Å². The Balaban J connectivity index is 1.75. The lowest BCUT2D eigenvalue weighted by atomic mass is 9.45. The molecule has 0 heterocycles. The maximum atomic E-state index is 9.90. The number of ether oxygens (including phenoxy) is 2. The van der Waals surface area contributed by atoms with E-state index >= 15 is 0 Å². The smallest absolute Gasteiger partial charge is 0.128 e. The fraction of sp³-hybridized carbons (Fsp3) is 0.417. The summed E-state index contributed by atoms with van der Waals surface area (Å²) in [5, 5.41) is 18.6. The first-order chi connectivity index (χ1) is 14.0. The highest BCUT2D eigenvalue weighted by molar-refractivity contribution is 5.59. The minimum atomic E-state index is 0.103. The lowest BCUT2D eigenvalue weighted by Crippen LogP contribution is -2.51. The summed E-state index contributed by atoms with van der Waals surface area (Å²) in [4.78, 5) is 0. The van der Waals surface area contributed by atoms with Gasteiger partial charge in [0.2, 0.25) is 0 Å². The number of hydrogen-bond acceptors (Lipinski definition) is 5. The normalized spacial score (nSPS) is 24.7. The molecule has 2 aromatic carbocycles. The van der Waals surface area contributed by atoms with Gasteiger partial charge in [-0.1, -0.05) is 38.1 Å². The van der Waals surface area contributed by atoms with Crippen molar-refractivity contribution in [3.63, 3.8) is 0 Å². The van der Waals surface area contributed by atoms with Gasteiger partial charge in [0.15, 0.2) is 0 Å². The number of methoxy groups -OCH3 is 2. The molecule has 0 aromatic heterocycles. The van der Waals surface area contributed by atoms with Crippen LogP contribution < -0.4 is 9.47 Å². The number of aliphatic hydroxyl groups excluding tert-OH is 1. The van der Waals surface area contributed by atoms with Gasteiger partial charge in [0.05, 0.1) is 32.2 Å². The van der Waals surface area contributed by atoms with Crippen molar-refractivity contribution in [1.82, 2.24) is 0 Å². The minimum Gasteiger partial charge on any atom is -0.496 e. The topological polar surface area (TPSA) is 63.4 Å². The molecule has 3 aliphatic carbocycles. The molecule has 0 radical (unpaired) electrons. The first-order valence-electron chi connectivity index (χ1n) is 10.0. The second-order valence-corrected chi connectivity index (χ2v) is 8.44. The number of allylic oxidation sites excluding steroid dienone is 1. The monoisotopic (exact) mass is 392 g/mol. The Morgan fingerprint density at radius 3 is 2.17 bits per heavy atom. The van der Waals surface area contributed by atoms with Crippen molar-refractivity contribution in [2.75, 3.05) is 20.8 Å². The van der Waals surface area contributed by atoms with E-state index in [0.29, 0.717) is 17.5 Å². The average Bonchev–Trinajstić information content (AvgIpc) is 2.76. The predicted molar refractivity (Wildman–Crippen MR) is 113 cm³/mol. The molecule has 5 heteroatoms. The summed E-state index contributed by atoms with van der Waals surface area (Å²) >= 11 is 0. The third-order valence-corrected chi connectivity index (χ3v) is 6.70. The highest BCUT2D eigenvalue weighted by Gasteiger charge is 2.56. The number of fused-ring (bicyclic) bond motifs is 1. The Hall–Kier alpha value is -2.66. The number of benzene rings is 2. The van der Waals surface area contributed by atoms with Crippen LogP contribution in [-0.4, -0.2) is 25.9 Å². The van der Waals surface area contributed by atoms with Crippen molar-refractivity contribution in [2.24, 2.45) is 27.5 Å². The van der Waals surface area contributed by atoms with Crippen molar-refractivity contribution in [3.05, 3.63) is 59.7 Å². The zero-order valence-electron chi connectivity index (χ0n) is 17.4. The lowest BCUT2D eigenvalue weighted by Gasteiger charge is -2.59. The number of hydrogen-bond donors (Lipinski definition) is 1. The summed E-state index contributed by atoms with van der Waals surface area (Å²) in [6.45, 7) is 4.69. The van der Waals surface area contributed by atoms with Crippen LogP contribution in [0.4, 0.5) is 11.4 Å². The van der Waals surface area contributed by atoms with Crippen LogP contribution in [0.25, 0.3) is 0 Å². The van der Waals surface area contributed by atoms with Crippen molar-refractivity contribution in [3.8, 4) is 11.5 Å². The Kier molecular flexibility index (Phi) is 5.17. The van der Waals surface area contributed by atoms with E-state index in [2.05, 4.69) is 30.2 Å². The van der Waals surface area contributed by atoms with Gasteiger partial charge in [-0.3, -0.25) is 0 Å². The summed E-state index contributed by atoms with van der Waals surface area (Å²) < 4.78 is 11.5. The van der Waals surface area contributed by atoms with Crippen LogP contribution in [0, 0.1) is 17.3 Å². The van der Waals surface area contributed by atoms with E-state index in [9.17, 15) is 5.11 Å². The van der Waals surface area contributed by atoms with E-state index < -0.39 is 0 Å². The molecule has 1 fully saturated rings. The molecule has 1 N–H and O–H groups in total. The second-order valence-electron chi connectivity index (χ2n) is 8.44. The SMILES string of the molecule is COc1cc(N=Nc2ccccc2)cc(OC)c1[C@H]1C=C(CO)[C@H]2C[C@@H]1C2(C)C. The standard InChI is InChI=1S/C24H28N2O3/c1-24(2)19-13-20(24)18(10-15(19)14-27)23-21(28-3)11-17(12-22(23)29-4)26-25-16-8-6-5-7-9-16/h5-12,18-20,27H,13-14H2,1-4H3/t18-,19+,20-/m0/s1. The van der Waals surface area contributed by atoms with Gasteiger partial charge in [0.1, 0.15) is 11.5 Å². The van der Waals surface area contributed by atoms with Gasteiger partial charge >= 0.3 is 0 Å². The molecule has 0 saturated heterocycles. The molecule has 0 unspecified atom stereocenters. The Bertz CT molecular complexity index is 925. The Morgan fingerprint density at radius 1 is 1.00 bits per heavy atom. The molecule has 2 aromatic rings. The highest BCUT2D eigenvalue weighted by atomic mass is 16.5. The molecule has 0 spiro atoms. The number of rotatable bonds is 6. The predicted octanol–water partition coefficient (Wildman–Crippen LogP) is 5.80. The van der Waals surface area contributed by atoms with Crippen LogP contribution >= 0.6 is 0 Å². The number of nitrogens with zero attached hydrogens (tertiary/aromatic N) is 2. The van der Waals surface area contributed by atoms with Gasteiger partial charge in [0, 0.05) is 23.6 Å². The summed E-state index contributed by atoms with van der Waals surface area (Å²) in [5.74, 6) is 2.58. The Labute approximate surface area is 172 Å². The Morgan fingerprint density at radius 2 is 1.62 bits per heavy atom. The number of aliphatic hydroxyl groups is 1. The van der Waals surface area contributed by atoms with Gasteiger partial charge in [0.25, 0.3) is 0 Å². The third kappa shape index (κ3) is 3.33. The fourth-order valence-corrected chi connectivity index (χ4v) is 5.03. The van der Waals surface area contributed by atoms with E-state index in [1.807, 2.05) is 42.5 Å². The van der Waals surface area contributed by atoms with Crippen molar-refractivity contribution < 1.29 is 14.6 Å². The molecular weight excluding hydrogens is 364 g/mol. The molecule has 1 saturated carbocycles. The van der Waals surface area contributed by atoms with E-state index in [-0.39, 0.29) is 17.9 Å². The molecule has 0 aliphatic heterocycles. The maximum Gasteiger partial charge on any atom is 0.128 e. The number of azo groups is 1. The molecule has 152 valence electrons. The fourth-order valence-electron chi connectivity index (χ4n) is 5.03. The van der Waals surface area contributed by atoms with Gasteiger partial charge in [-0.25, -0.2) is 0 Å². The lowest BCUT2D eigenvalue weighted by molar-refractivity contribution is -0.0260. The van der Waals surface area contributed by atoms with E-state index in [0.717, 1.165) is 34.7 Å². The first-order valence-corrected chi connectivity index (χ1v) is 10.0. The molecule has 3 atom stereocenters. The van der Waals surface area contributed by atoms with Gasteiger partial charge in [-0.15, -0.1) is 0 Å². The van der Waals surface area contributed by atoms with Crippen molar-refractivity contribution in [2.45, 2.75) is 26.2 Å². The summed E-state index contributed by atoms with van der Waals surface area (Å²) in [7, 11) is 3.34. The van der Waals surface area contributed by atoms with E-state index in [4.69, 9.17) is 9.47 Å². The molecule has 2 bridgehead atoms. The first kappa shape index (κ1) is 19.6. The maximum absolute atomic E-state index is 9.90. The van der Waals surface area contributed by atoms with E-state index in [1.54, 1.807) is 14.2 Å². The molecule has 5 rings (SSSR count). The van der Waals surface area contributed by atoms with Crippen LogP contribution in [0.15, 0.2) is 64.3 Å². The van der Waals surface area contributed by atoms with Gasteiger partial charge < -0.3 is 14.6 Å². The second kappa shape index (κ2) is 7.64. The zero-order chi connectivity index (χ0) is 20.6. The molecule has 5 nitrogen and oxygen atoms in total. The highest BCUT2D eigenvalue weighted by Crippen LogP contribution is 2.65. The van der Waals surface area contributed by atoms with Crippen LogP contribution in [0.2, 0.25) is 0 Å². The van der Waals surface area contributed by atoms with Crippen LogP contribution in [0.5, 0.6) is 11.5 Å². The quantitative estimate of drug-likeness (QED) is 0.499. The molecular formula is C24H28N2O3. The van der Waals surface area contributed by atoms with Crippen LogP contribution in [0.1, 0.15) is 31.7 Å². The average molecular weight is 392 g/mol. The van der Waals surface area contributed by atoms with Gasteiger partial charge in [-0.2, -0.15) is 10.2 Å². The molecule has 29 heavy (non-hydrogen) atoms. The van der Waals surface area contributed by atoms with Gasteiger partial charge in [-0.05, 0) is 41.4 Å². The zero-order valence-corrected chi connectivity index (χ0v) is 17.4. The summed E-state index contributed by atoms with van der Waals surface area (Å²) in [5.41, 5.74) is 3.77.